The first-order valence-electron chi connectivity index (χ1n) is 5.53. The highest BCUT2D eigenvalue weighted by molar-refractivity contribution is 6.30. The van der Waals surface area contributed by atoms with Gasteiger partial charge in [0.05, 0.1) is 11.5 Å². The van der Waals surface area contributed by atoms with Gasteiger partial charge in [0.2, 0.25) is 5.75 Å². The van der Waals surface area contributed by atoms with Crippen LogP contribution in [0.4, 0.5) is 10.1 Å². The third-order valence-electron chi connectivity index (χ3n) is 2.55. The van der Waals surface area contributed by atoms with E-state index in [1.165, 1.54) is 24.3 Å². The number of hydrogen-bond donors (Lipinski definition) is 1. The molecule has 0 bridgehead atoms. The molecule has 1 N–H and O–H groups in total. The highest BCUT2D eigenvalue weighted by atomic mass is 35.5. The minimum Gasteiger partial charge on any atom is -0.447 e. The lowest BCUT2D eigenvalue weighted by Gasteiger charge is -2.10. The summed E-state index contributed by atoms with van der Waals surface area (Å²) in [5.74, 6) is -1.12. The van der Waals surface area contributed by atoms with Crippen LogP contribution in [0.3, 0.4) is 0 Å². The van der Waals surface area contributed by atoms with Crippen molar-refractivity contribution in [1.29, 1.82) is 0 Å². The number of nitro groups is 1. The molecule has 0 aliphatic carbocycles. The average Bonchev–Trinajstić information content (AvgIpc) is 2.42. The highest BCUT2D eigenvalue weighted by Crippen LogP contribution is 2.36. The van der Waals surface area contributed by atoms with Crippen LogP contribution in [0.1, 0.15) is 5.56 Å². The van der Waals surface area contributed by atoms with Crippen molar-refractivity contribution in [1.82, 2.24) is 0 Å². The van der Waals surface area contributed by atoms with Gasteiger partial charge < -0.3 is 9.84 Å². The molecule has 0 spiro atoms. The van der Waals surface area contributed by atoms with Crippen molar-refractivity contribution in [2.24, 2.45) is 0 Å². The van der Waals surface area contributed by atoms with Gasteiger partial charge in [-0.05, 0) is 18.2 Å². The van der Waals surface area contributed by atoms with Crippen LogP contribution in [0.25, 0.3) is 0 Å². The van der Waals surface area contributed by atoms with Crippen molar-refractivity contribution in [3.8, 4) is 11.5 Å². The zero-order valence-corrected chi connectivity index (χ0v) is 10.8. The molecular weight excluding hydrogens is 289 g/mol. The Bertz CT molecular complexity index is 663. The molecule has 0 aromatic heterocycles. The predicted molar refractivity (Wildman–Crippen MR) is 70.5 cm³/mol. The number of nitrogens with zero attached hydrogens (tertiary/aromatic N) is 1. The molecule has 0 atom stereocenters. The van der Waals surface area contributed by atoms with Crippen LogP contribution in [0.15, 0.2) is 36.4 Å². The van der Waals surface area contributed by atoms with Crippen molar-refractivity contribution >= 4 is 17.3 Å². The van der Waals surface area contributed by atoms with E-state index in [2.05, 4.69) is 0 Å². The topological polar surface area (TPSA) is 72.6 Å². The van der Waals surface area contributed by atoms with E-state index in [0.29, 0.717) is 0 Å². The van der Waals surface area contributed by atoms with E-state index in [1.54, 1.807) is 0 Å². The number of aliphatic hydroxyl groups excluding tert-OH is 1. The number of rotatable bonds is 4. The van der Waals surface area contributed by atoms with Crippen LogP contribution in [0.2, 0.25) is 5.02 Å². The van der Waals surface area contributed by atoms with E-state index in [4.69, 9.17) is 21.4 Å². The van der Waals surface area contributed by atoms with Crippen molar-refractivity contribution in [3.63, 3.8) is 0 Å². The monoisotopic (exact) mass is 297 g/mol. The fourth-order valence-corrected chi connectivity index (χ4v) is 1.79. The number of hydrogen-bond acceptors (Lipinski definition) is 4. The van der Waals surface area contributed by atoms with Crippen LogP contribution in [0.5, 0.6) is 11.5 Å². The van der Waals surface area contributed by atoms with Crippen molar-refractivity contribution < 1.29 is 19.2 Å². The van der Waals surface area contributed by atoms with Gasteiger partial charge in [-0.25, -0.2) is 4.39 Å². The minimum absolute atomic E-state index is 0.154. The largest absolute Gasteiger partial charge is 0.447 e. The van der Waals surface area contributed by atoms with Crippen LogP contribution < -0.4 is 4.74 Å². The summed E-state index contributed by atoms with van der Waals surface area (Å²) in [5, 5.41) is 20.2. The normalized spacial score (nSPS) is 10.3. The lowest BCUT2D eigenvalue weighted by Crippen LogP contribution is -1.98. The summed E-state index contributed by atoms with van der Waals surface area (Å²) in [5.41, 5.74) is -0.195. The van der Waals surface area contributed by atoms with Gasteiger partial charge in [-0.2, -0.15) is 0 Å². The Morgan fingerprint density at radius 2 is 2.10 bits per heavy atom. The molecule has 0 radical (unpaired) electrons. The molecule has 0 fully saturated rings. The Morgan fingerprint density at radius 1 is 1.35 bits per heavy atom. The average molecular weight is 298 g/mol. The number of ether oxygens (including phenoxy) is 1. The van der Waals surface area contributed by atoms with Crippen molar-refractivity contribution in [2.45, 2.75) is 6.61 Å². The number of benzene rings is 2. The van der Waals surface area contributed by atoms with Crippen LogP contribution in [0, 0.1) is 15.9 Å². The van der Waals surface area contributed by atoms with Gasteiger partial charge >= 0.3 is 5.69 Å². The van der Waals surface area contributed by atoms with Gasteiger partial charge in [0.25, 0.3) is 0 Å². The van der Waals surface area contributed by atoms with E-state index in [1.807, 2.05) is 0 Å². The molecule has 2 aromatic rings. The molecule has 0 aliphatic heterocycles. The third-order valence-corrected chi connectivity index (χ3v) is 2.78. The molecular formula is C13H9ClFNO4. The fourth-order valence-electron chi connectivity index (χ4n) is 1.62. The van der Waals surface area contributed by atoms with Crippen molar-refractivity contribution in [3.05, 3.63) is 62.9 Å². The quantitative estimate of drug-likeness (QED) is 0.690. The zero-order chi connectivity index (χ0) is 14.7. The Morgan fingerprint density at radius 3 is 2.75 bits per heavy atom. The SMILES string of the molecule is O=[N+]([O-])c1cc(Cl)ccc1Oc1c(F)cccc1CO. The van der Waals surface area contributed by atoms with Crippen LogP contribution in [-0.2, 0) is 6.61 Å². The van der Waals surface area contributed by atoms with E-state index in [-0.39, 0.29) is 27.8 Å². The van der Waals surface area contributed by atoms with Gasteiger partial charge in [0, 0.05) is 16.7 Å². The van der Waals surface area contributed by atoms with Gasteiger partial charge in [0.15, 0.2) is 11.6 Å². The lowest BCUT2D eigenvalue weighted by molar-refractivity contribution is -0.385. The summed E-state index contributed by atoms with van der Waals surface area (Å²) in [7, 11) is 0. The van der Waals surface area contributed by atoms with E-state index in [9.17, 15) is 14.5 Å². The van der Waals surface area contributed by atoms with Crippen LogP contribution >= 0.6 is 11.6 Å². The zero-order valence-electron chi connectivity index (χ0n) is 10.0. The molecule has 0 unspecified atom stereocenters. The summed E-state index contributed by atoms with van der Waals surface area (Å²) < 4.78 is 18.9. The second kappa shape index (κ2) is 5.85. The first kappa shape index (κ1) is 14.2. The molecule has 5 nitrogen and oxygen atoms in total. The Kier molecular flexibility index (Phi) is 4.16. The van der Waals surface area contributed by atoms with Crippen LogP contribution in [-0.4, -0.2) is 10.0 Å². The molecule has 0 aliphatic rings. The molecule has 20 heavy (non-hydrogen) atoms. The van der Waals surface area contributed by atoms with E-state index < -0.39 is 17.3 Å². The smallest absolute Gasteiger partial charge is 0.313 e. The molecule has 104 valence electrons. The molecule has 2 rings (SSSR count). The first-order valence-corrected chi connectivity index (χ1v) is 5.90. The van der Waals surface area contributed by atoms with Gasteiger partial charge in [-0.1, -0.05) is 23.7 Å². The molecule has 0 amide bonds. The fraction of sp³-hybridized carbons (Fsp3) is 0.0769. The van der Waals surface area contributed by atoms with Crippen molar-refractivity contribution in [2.75, 3.05) is 0 Å². The van der Waals surface area contributed by atoms with E-state index in [0.717, 1.165) is 12.1 Å². The van der Waals surface area contributed by atoms with E-state index >= 15 is 0 Å². The Balaban J connectivity index is 2.48. The predicted octanol–water partition coefficient (Wildman–Crippen LogP) is 3.67. The Labute approximate surface area is 118 Å². The maximum absolute atomic E-state index is 13.7. The number of nitro benzene ring substituents is 1. The van der Waals surface area contributed by atoms with Gasteiger partial charge in [-0.3, -0.25) is 10.1 Å². The summed E-state index contributed by atoms with van der Waals surface area (Å²) >= 11 is 5.68. The first-order chi connectivity index (χ1) is 9.52. The summed E-state index contributed by atoms with van der Waals surface area (Å²) in [6.45, 7) is -0.450. The minimum atomic E-state index is -0.721. The second-order valence-electron chi connectivity index (χ2n) is 3.86. The molecule has 2 aromatic carbocycles. The Hall–Kier alpha value is -2.18. The number of halogens is 2. The van der Waals surface area contributed by atoms with Gasteiger partial charge in [0.1, 0.15) is 0 Å². The lowest BCUT2D eigenvalue weighted by atomic mass is 10.2. The molecule has 7 heteroatoms. The summed E-state index contributed by atoms with van der Waals surface area (Å²) in [4.78, 5) is 10.2. The molecule has 0 saturated carbocycles. The van der Waals surface area contributed by atoms with Gasteiger partial charge in [-0.15, -0.1) is 0 Å². The maximum Gasteiger partial charge on any atom is 0.313 e. The highest BCUT2D eigenvalue weighted by Gasteiger charge is 2.19. The summed E-state index contributed by atoms with van der Waals surface area (Å²) in [6, 6.07) is 7.77. The number of aliphatic hydroxyl groups is 1. The standard InChI is InChI=1S/C13H9ClFNO4/c14-9-4-5-12(11(6-9)16(18)19)20-13-8(7-17)2-1-3-10(13)15/h1-6,17H,7H2. The summed E-state index contributed by atoms with van der Waals surface area (Å²) in [6.07, 6.45) is 0. The molecule has 0 heterocycles. The molecule has 0 saturated heterocycles. The number of para-hydroxylation sites is 1. The maximum atomic E-state index is 13.7. The third kappa shape index (κ3) is 2.87. The second-order valence-corrected chi connectivity index (χ2v) is 4.29.